The maximum atomic E-state index is 12.2. The lowest BCUT2D eigenvalue weighted by Gasteiger charge is -2.06. The summed E-state index contributed by atoms with van der Waals surface area (Å²) in [7, 11) is 0. The maximum Gasteiger partial charge on any atom is 0.254 e. The van der Waals surface area contributed by atoms with Crippen LogP contribution in [0.5, 0.6) is 0 Å². The summed E-state index contributed by atoms with van der Waals surface area (Å²) >= 11 is 0. The Bertz CT molecular complexity index is 575. The minimum Gasteiger partial charge on any atom is -0.352 e. The Labute approximate surface area is 126 Å². The van der Waals surface area contributed by atoms with E-state index in [0.29, 0.717) is 5.56 Å². The Morgan fingerprint density at radius 3 is 2.67 bits per heavy atom. The van der Waals surface area contributed by atoms with Crippen LogP contribution < -0.4 is 5.32 Å². The summed E-state index contributed by atoms with van der Waals surface area (Å²) in [5, 5.41) is 7.29. The zero-order valence-electron chi connectivity index (χ0n) is 12.8. The van der Waals surface area contributed by atoms with Gasteiger partial charge in [-0.25, -0.2) is 4.68 Å². The van der Waals surface area contributed by atoms with Crippen molar-refractivity contribution in [1.29, 1.82) is 0 Å². The Hall–Kier alpha value is -2.10. The average Bonchev–Trinajstić information content (AvgIpc) is 2.89. The van der Waals surface area contributed by atoms with E-state index < -0.39 is 0 Å². The fourth-order valence-corrected chi connectivity index (χ4v) is 2.31. The van der Waals surface area contributed by atoms with Crippen LogP contribution in [0.15, 0.2) is 36.5 Å². The molecule has 0 bridgehead atoms. The molecule has 0 spiro atoms. The van der Waals surface area contributed by atoms with E-state index in [0.717, 1.165) is 24.3 Å². The van der Waals surface area contributed by atoms with Crippen molar-refractivity contribution < 1.29 is 4.79 Å². The Kier molecular flexibility index (Phi) is 5.55. The highest BCUT2D eigenvalue weighted by Gasteiger charge is 2.14. The van der Waals surface area contributed by atoms with Gasteiger partial charge in [-0.3, -0.25) is 4.79 Å². The van der Waals surface area contributed by atoms with Crippen molar-refractivity contribution in [1.82, 2.24) is 15.1 Å². The Morgan fingerprint density at radius 2 is 1.95 bits per heavy atom. The third kappa shape index (κ3) is 3.94. The predicted molar refractivity (Wildman–Crippen MR) is 84.8 cm³/mol. The quantitative estimate of drug-likeness (QED) is 0.792. The van der Waals surface area contributed by atoms with E-state index >= 15 is 0 Å². The second-order valence-electron chi connectivity index (χ2n) is 5.21. The van der Waals surface area contributed by atoms with Gasteiger partial charge in [0.25, 0.3) is 5.91 Å². The van der Waals surface area contributed by atoms with Crippen molar-refractivity contribution in [3.63, 3.8) is 0 Å². The highest BCUT2D eigenvalue weighted by Crippen LogP contribution is 2.13. The van der Waals surface area contributed by atoms with Gasteiger partial charge in [0.2, 0.25) is 0 Å². The third-order valence-corrected chi connectivity index (χ3v) is 3.57. The summed E-state index contributed by atoms with van der Waals surface area (Å²) < 4.78 is 1.80. The van der Waals surface area contributed by atoms with Crippen LogP contribution in [0, 0.1) is 6.92 Å². The lowest BCUT2D eigenvalue weighted by atomic mass is 10.2. The molecule has 21 heavy (non-hydrogen) atoms. The van der Waals surface area contributed by atoms with Gasteiger partial charge in [-0.05, 0) is 25.5 Å². The molecule has 1 N–H and O–H groups in total. The number of nitrogens with one attached hydrogen (secondary N) is 1. The van der Waals surface area contributed by atoms with Crippen molar-refractivity contribution >= 4 is 5.91 Å². The zero-order chi connectivity index (χ0) is 15.1. The van der Waals surface area contributed by atoms with Crippen molar-refractivity contribution in [3.8, 4) is 5.69 Å². The van der Waals surface area contributed by atoms with Gasteiger partial charge in [0.1, 0.15) is 0 Å². The number of carbonyl (C=O) groups excluding carboxylic acids is 1. The number of aromatic nitrogens is 2. The number of para-hydroxylation sites is 1. The van der Waals surface area contributed by atoms with Crippen LogP contribution in [-0.4, -0.2) is 22.2 Å². The molecule has 4 heteroatoms. The number of nitrogens with zero attached hydrogens (tertiary/aromatic N) is 2. The van der Waals surface area contributed by atoms with Gasteiger partial charge in [0.05, 0.1) is 23.1 Å². The molecule has 0 atom stereocenters. The third-order valence-electron chi connectivity index (χ3n) is 3.57. The van der Waals surface area contributed by atoms with Crippen LogP contribution in [0.1, 0.15) is 48.7 Å². The summed E-state index contributed by atoms with van der Waals surface area (Å²) in [5.74, 6) is -0.0359. The molecule has 0 radical (unpaired) electrons. The molecule has 1 aromatic heterocycles. The van der Waals surface area contributed by atoms with Crippen LogP contribution in [0.3, 0.4) is 0 Å². The van der Waals surface area contributed by atoms with Gasteiger partial charge in [-0.1, -0.05) is 44.4 Å². The van der Waals surface area contributed by atoms with E-state index in [1.807, 2.05) is 37.3 Å². The van der Waals surface area contributed by atoms with Crippen LogP contribution in [-0.2, 0) is 0 Å². The van der Waals surface area contributed by atoms with Crippen LogP contribution in [0.25, 0.3) is 5.69 Å². The molecule has 2 rings (SSSR count). The molecule has 112 valence electrons. The van der Waals surface area contributed by atoms with Gasteiger partial charge < -0.3 is 5.32 Å². The van der Waals surface area contributed by atoms with Crippen molar-refractivity contribution in [3.05, 3.63) is 47.8 Å². The number of rotatable bonds is 7. The maximum absolute atomic E-state index is 12.2. The van der Waals surface area contributed by atoms with Gasteiger partial charge >= 0.3 is 0 Å². The fraction of sp³-hybridized carbons (Fsp3) is 0.412. The molecule has 2 aromatic rings. The van der Waals surface area contributed by atoms with Crippen LogP contribution in [0.2, 0.25) is 0 Å². The second-order valence-corrected chi connectivity index (χ2v) is 5.21. The topological polar surface area (TPSA) is 46.9 Å². The zero-order valence-corrected chi connectivity index (χ0v) is 12.8. The average molecular weight is 285 g/mol. The monoisotopic (exact) mass is 285 g/mol. The van der Waals surface area contributed by atoms with Gasteiger partial charge in [-0.2, -0.15) is 5.10 Å². The molecule has 1 amide bonds. The first-order valence-corrected chi connectivity index (χ1v) is 7.62. The van der Waals surface area contributed by atoms with Gasteiger partial charge in [-0.15, -0.1) is 0 Å². The number of hydrogen-bond donors (Lipinski definition) is 1. The lowest BCUT2D eigenvalue weighted by molar-refractivity contribution is 0.0952. The second kappa shape index (κ2) is 7.62. The Morgan fingerprint density at radius 1 is 1.19 bits per heavy atom. The molecule has 0 aliphatic rings. The number of benzene rings is 1. The summed E-state index contributed by atoms with van der Waals surface area (Å²) in [6, 6.07) is 9.85. The standard InChI is InChI=1S/C17H23N3O/c1-3-4-5-9-12-18-17(21)16-13-19-20(14(16)2)15-10-7-6-8-11-15/h6-8,10-11,13H,3-5,9,12H2,1-2H3,(H,18,21). The molecule has 0 saturated carbocycles. The minimum atomic E-state index is -0.0359. The number of hydrogen-bond acceptors (Lipinski definition) is 2. The summed E-state index contributed by atoms with van der Waals surface area (Å²) in [4.78, 5) is 12.2. The fourth-order valence-electron chi connectivity index (χ4n) is 2.31. The molecule has 4 nitrogen and oxygen atoms in total. The normalized spacial score (nSPS) is 10.6. The highest BCUT2D eigenvalue weighted by molar-refractivity contribution is 5.95. The Balaban J connectivity index is 1.98. The molecule has 0 aliphatic carbocycles. The van der Waals surface area contributed by atoms with Gasteiger partial charge in [0, 0.05) is 6.54 Å². The summed E-state index contributed by atoms with van der Waals surface area (Å²) in [5.41, 5.74) is 2.48. The minimum absolute atomic E-state index is 0.0359. The van der Waals surface area contributed by atoms with Crippen molar-refractivity contribution in [2.45, 2.75) is 39.5 Å². The smallest absolute Gasteiger partial charge is 0.254 e. The highest BCUT2D eigenvalue weighted by atomic mass is 16.1. The van der Waals surface area contributed by atoms with E-state index in [4.69, 9.17) is 0 Å². The van der Waals surface area contributed by atoms with Crippen LogP contribution >= 0.6 is 0 Å². The molecule has 0 saturated heterocycles. The largest absolute Gasteiger partial charge is 0.352 e. The lowest BCUT2D eigenvalue weighted by Crippen LogP contribution is -2.24. The van der Waals surface area contributed by atoms with Gasteiger partial charge in [0.15, 0.2) is 0 Å². The first-order valence-electron chi connectivity index (χ1n) is 7.62. The van der Waals surface area contributed by atoms with Crippen molar-refractivity contribution in [2.24, 2.45) is 0 Å². The molecular formula is C17H23N3O. The van der Waals surface area contributed by atoms with E-state index in [2.05, 4.69) is 17.3 Å². The van der Waals surface area contributed by atoms with Crippen LogP contribution in [0.4, 0.5) is 0 Å². The number of amides is 1. The van der Waals surface area contributed by atoms with E-state index in [-0.39, 0.29) is 5.91 Å². The molecule has 1 aromatic carbocycles. The first kappa shape index (κ1) is 15.3. The molecule has 0 unspecified atom stereocenters. The number of unbranched alkanes of at least 4 members (excludes halogenated alkanes) is 3. The molecule has 1 heterocycles. The predicted octanol–water partition coefficient (Wildman–Crippen LogP) is 3.49. The summed E-state index contributed by atoms with van der Waals surface area (Å²) in [6.07, 6.45) is 6.27. The SMILES string of the molecule is CCCCCCNC(=O)c1cnn(-c2ccccc2)c1C. The first-order chi connectivity index (χ1) is 10.2. The van der Waals surface area contributed by atoms with E-state index in [1.165, 1.54) is 19.3 Å². The molecule has 0 fully saturated rings. The van der Waals surface area contributed by atoms with Crippen molar-refractivity contribution in [2.75, 3.05) is 6.54 Å². The van der Waals surface area contributed by atoms with E-state index in [9.17, 15) is 4.79 Å². The molecule has 0 aliphatic heterocycles. The summed E-state index contributed by atoms with van der Waals surface area (Å²) in [6.45, 7) is 4.83. The molecular weight excluding hydrogens is 262 g/mol. The van der Waals surface area contributed by atoms with E-state index in [1.54, 1.807) is 10.9 Å². The number of carbonyl (C=O) groups is 1.